The molecule has 28 heavy (non-hydrogen) atoms. The van der Waals surface area contributed by atoms with Gasteiger partial charge in [-0.3, -0.25) is 9.79 Å². The summed E-state index contributed by atoms with van der Waals surface area (Å²) < 4.78 is 5.79. The highest BCUT2D eigenvalue weighted by atomic mass is 16.5. The van der Waals surface area contributed by atoms with E-state index in [1.807, 2.05) is 54.6 Å². The van der Waals surface area contributed by atoms with E-state index in [4.69, 9.17) is 4.74 Å². The molecule has 0 bridgehead atoms. The van der Waals surface area contributed by atoms with Crippen LogP contribution in [0.2, 0.25) is 0 Å². The van der Waals surface area contributed by atoms with Gasteiger partial charge in [0.2, 0.25) is 0 Å². The van der Waals surface area contributed by atoms with E-state index in [-0.39, 0.29) is 12.3 Å². The van der Waals surface area contributed by atoms with Gasteiger partial charge in [-0.1, -0.05) is 42.5 Å². The summed E-state index contributed by atoms with van der Waals surface area (Å²) in [5, 5.41) is 15.7. The van der Waals surface area contributed by atoms with E-state index < -0.39 is 5.97 Å². The van der Waals surface area contributed by atoms with Gasteiger partial charge in [-0.25, -0.2) is 0 Å². The molecule has 0 aliphatic carbocycles. The molecule has 1 unspecified atom stereocenters. The smallest absolute Gasteiger partial charge is 0.303 e. The van der Waals surface area contributed by atoms with Gasteiger partial charge >= 0.3 is 5.97 Å². The van der Waals surface area contributed by atoms with Gasteiger partial charge in [0.05, 0.1) is 19.6 Å². The molecule has 0 spiro atoms. The second-order valence-corrected chi connectivity index (χ2v) is 6.84. The monoisotopic (exact) mass is 381 g/mol. The third kappa shape index (κ3) is 6.30. The van der Waals surface area contributed by atoms with E-state index in [0.29, 0.717) is 13.0 Å². The summed E-state index contributed by atoms with van der Waals surface area (Å²) in [5.74, 6) is 0.887. The Kier molecular flexibility index (Phi) is 7.29. The van der Waals surface area contributed by atoms with Crippen molar-refractivity contribution in [2.24, 2.45) is 4.99 Å². The van der Waals surface area contributed by atoms with Crippen LogP contribution in [0.3, 0.4) is 0 Å². The third-order valence-corrected chi connectivity index (χ3v) is 4.65. The number of carboxylic acid groups (broad SMARTS) is 1. The molecule has 1 aliphatic heterocycles. The van der Waals surface area contributed by atoms with E-state index in [1.54, 1.807) is 0 Å². The van der Waals surface area contributed by atoms with E-state index in [1.165, 1.54) is 0 Å². The molecule has 0 fully saturated rings. The molecule has 0 aromatic heterocycles. The first-order valence-electron chi connectivity index (χ1n) is 9.71. The van der Waals surface area contributed by atoms with E-state index in [0.717, 1.165) is 48.9 Å². The van der Waals surface area contributed by atoms with E-state index in [2.05, 4.69) is 15.6 Å². The second kappa shape index (κ2) is 10.3. The van der Waals surface area contributed by atoms with Crippen LogP contribution in [0.25, 0.3) is 0 Å². The summed E-state index contributed by atoms with van der Waals surface area (Å²) in [4.78, 5) is 15.5. The predicted octanol–water partition coefficient (Wildman–Crippen LogP) is 2.81. The SMILES string of the molecule is O=C(O)CC(Cc1ccc(OCCCNC2=NCCN2)cc1)c1ccccc1. The Morgan fingerprint density at radius 3 is 2.64 bits per heavy atom. The fourth-order valence-electron chi connectivity index (χ4n) is 3.24. The molecule has 2 aromatic rings. The van der Waals surface area contributed by atoms with Gasteiger partial charge in [-0.05, 0) is 42.0 Å². The minimum absolute atomic E-state index is 0.0383. The molecule has 3 rings (SSSR count). The van der Waals surface area contributed by atoms with E-state index >= 15 is 0 Å². The maximum Gasteiger partial charge on any atom is 0.303 e. The fourth-order valence-corrected chi connectivity index (χ4v) is 3.24. The summed E-state index contributed by atoms with van der Waals surface area (Å²) in [6.45, 7) is 3.19. The van der Waals surface area contributed by atoms with Crippen molar-refractivity contribution in [3.05, 3.63) is 65.7 Å². The topological polar surface area (TPSA) is 83.0 Å². The zero-order chi connectivity index (χ0) is 19.6. The van der Waals surface area contributed by atoms with Crippen LogP contribution in [-0.2, 0) is 11.2 Å². The number of ether oxygens (including phenoxy) is 1. The molecular formula is C22H27N3O3. The van der Waals surface area contributed by atoms with Crippen molar-refractivity contribution in [3.63, 3.8) is 0 Å². The van der Waals surface area contributed by atoms with Gasteiger partial charge in [0.15, 0.2) is 5.96 Å². The Morgan fingerprint density at radius 1 is 1.18 bits per heavy atom. The highest BCUT2D eigenvalue weighted by molar-refractivity contribution is 5.81. The average Bonchev–Trinajstić information content (AvgIpc) is 3.22. The molecule has 3 N–H and O–H groups in total. The molecule has 0 saturated carbocycles. The van der Waals surface area contributed by atoms with Gasteiger partial charge in [0.25, 0.3) is 0 Å². The number of guanidine groups is 1. The first-order valence-corrected chi connectivity index (χ1v) is 9.71. The molecule has 1 heterocycles. The maximum atomic E-state index is 11.2. The zero-order valence-electron chi connectivity index (χ0n) is 15.9. The number of nitrogens with zero attached hydrogens (tertiary/aromatic N) is 1. The van der Waals surface area contributed by atoms with Gasteiger partial charge in [0.1, 0.15) is 5.75 Å². The lowest BCUT2D eigenvalue weighted by Crippen LogP contribution is -2.34. The van der Waals surface area contributed by atoms with Crippen LogP contribution in [0, 0.1) is 0 Å². The Bertz CT molecular complexity index is 775. The predicted molar refractivity (Wildman–Crippen MR) is 110 cm³/mol. The number of hydrogen-bond donors (Lipinski definition) is 3. The molecule has 148 valence electrons. The number of aliphatic imine (C=N–C) groups is 1. The van der Waals surface area contributed by atoms with Crippen molar-refractivity contribution >= 4 is 11.9 Å². The second-order valence-electron chi connectivity index (χ2n) is 6.84. The lowest BCUT2D eigenvalue weighted by atomic mass is 9.89. The van der Waals surface area contributed by atoms with Crippen molar-refractivity contribution in [1.29, 1.82) is 0 Å². The average molecular weight is 381 g/mol. The Labute approximate surface area is 165 Å². The summed E-state index contributed by atoms with van der Waals surface area (Å²) in [5.41, 5.74) is 2.16. The third-order valence-electron chi connectivity index (χ3n) is 4.65. The number of carbonyl (C=O) groups is 1. The Morgan fingerprint density at radius 2 is 1.96 bits per heavy atom. The lowest BCUT2D eigenvalue weighted by Gasteiger charge is -2.16. The Balaban J connectivity index is 1.46. The van der Waals surface area contributed by atoms with Crippen molar-refractivity contribution < 1.29 is 14.6 Å². The van der Waals surface area contributed by atoms with Crippen LogP contribution >= 0.6 is 0 Å². The van der Waals surface area contributed by atoms with Crippen LogP contribution in [0.15, 0.2) is 59.6 Å². The molecule has 0 saturated heterocycles. The summed E-state index contributed by atoms with van der Waals surface area (Å²) in [7, 11) is 0. The molecule has 1 aliphatic rings. The first-order chi connectivity index (χ1) is 13.7. The largest absolute Gasteiger partial charge is 0.494 e. The minimum Gasteiger partial charge on any atom is -0.494 e. The number of rotatable bonds is 10. The molecular weight excluding hydrogens is 354 g/mol. The lowest BCUT2D eigenvalue weighted by molar-refractivity contribution is -0.137. The zero-order valence-corrected chi connectivity index (χ0v) is 15.9. The number of aliphatic carboxylic acids is 1. The normalized spacial score (nSPS) is 14.1. The standard InChI is InChI=1S/C22H27N3O3/c26-21(27)16-19(18-5-2-1-3-6-18)15-17-7-9-20(10-8-17)28-14-4-11-23-22-24-12-13-25-22/h1-3,5-10,19H,4,11-16H2,(H,26,27)(H2,23,24,25). The van der Waals surface area contributed by atoms with Crippen molar-refractivity contribution in [2.75, 3.05) is 26.2 Å². The molecule has 0 amide bonds. The molecule has 1 atom stereocenters. The maximum absolute atomic E-state index is 11.2. The van der Waals surface area contributed by atoms with Gasteiger partial charge in [-0.15, -0.1) is 0 Å². The van der Waals surface area contributed by atoms with Crippen molar-refractivity contribution in [2.45, 2.75) is 25.2 Å². The van der Waals surface area contributed by atoms with Crippen LogP contribution in [0.5, 0.6) is 5.75 Å². The van der Waals surface area contributed by atoms with Crippen molar-refractivity contribution in [3.8, 4) is 5.75 Å². The van der Waals surface area contributed by atoms with Crippen molar-refractivity contribution in [1.82, 2.24) is 10.6 Å². The summed E-state index contributed by atoms with van der Waals surface area (Å²) in [6, 6.07) is 17.8. The molecule has 6 heteroatoms. The number of benzene rings is 2. The number of carboxylic acids is 1. The quantitative estimate of drug-likeness (QED) is 0.551. The van der Waals surface area contributed by atoms with Gasteiger partial charge in [-0.2, -0.15) is 0 Å². The number of hydrogen-bond acceptors (Lipinski definition) is 5. The minimum atomic E-state index is -0.777. The van der Waals surface area contributed by atoms with Crippen LogP contribution in [0.1, 0.15) is 29.9 Å². The number of nitrogens with one attached hydrogen (secondary N) is 2. The molecule has 2 aromatic carbocycles. The highest BCUT2D eigenvalue weighted by Gasteiger charge is 2.16. The van der Waals surface area contributed by atoms with Gasteiger partial charge < -0.3 is 20.5 Å². The Hall–Kier alpha value is -3.02. The van der Waals surface area contributed by atoms with Crippen LogP contribution in [0.4, 0.5) is 0 Å². The van der Waals surface area contributed by atoms with Gasteiger partial charge in [0, 0.05) is 13.1 Å². The molecule has 0 radical (unpaired) electrons. The van der Waals surface area contributed by atoms with Crippen LogP contribution in [-0.4, -0.2) is 43.3 Å². The summed E-state index contributed by atoms with van der Waals surface area (Å²) >= 11 is 0. The van der Waals surface area contributed by atoms with Crippen LogP contribution < -0.4 is 15.4 Å². The fraction of sp³-hybridized carbons (Fsp3) is 0.364. The first kappa shape index (κ1) is 19.7. The molecule has 6 nitrogen and oxygen atoms in total. The highest BCUT2D eigenvalue weighted by Crippen LogP contribution is 2.25. The summed E-state index contributed by atoms with van der Waals surface area (Å²) in [6.07, 6.45) is 1.70. The van der Waals surface area contributed by atoms with E-state index in [9.17, 15) is 9.90 Å².